The van der Waals surface area contributed by atoms with Gasteiger partial charge in [-0.2, -0.15) is 0 Å². The van der Waals surface area contributed by atoms with Crippen LogP contribution in [0.4, 0.5) is 10.5 Å². The molecule has 0 radical (unpaired) electrons. The van der Waals surface area contributed by atoms with Crippen LogP contribution in [0.25, 0.3) is 0 Å². The number of anilines is 1. The largest absolute Gasteiger partial charge is 0.497 e. The SMILES string of the molecule is COc1ccc2c(c1)CN(C(=O)CCC(=O)O)CC[C@H]1COC(=O)N21. The Morgan fingerprint density at radius 3 is 2.88 bits per heavy atom. The molecule has 0 aliphatic carbocycles. The molecule has 0 saturated carbocycles. The molecule has 1 aromatic carbocycles. The average Bonchev–Trinajstić information content (AvgIpc) is 2.94. The molecule has 1 N–H and O–H groups in total. The van der Waals surface area contributed by atoms with Gasteiger partial charge in [0.2, 0.25) is 5.91 Å². The zero-order valence-corrected chi connectivity index (χ0v) is 13.9. The lowest BCUT2D eigenvalue weighted by Gasteiger charge is -2.32. The Morgan fingerprint density at radius 1 is 1.36 bits per heavy atom. The van der Waals surface area contributed by atoms with Crippen LogP contribution in [0, 0.1) is 0 Å². The number of carboxylic acid groups (broad SMARTS) is 1. The van der Waals surface area contributed by atoms with E-state index in [2.05, 4.69) is 0 Å². The Hall–Kier alpha value is -2.77. The second-order valence-corrected chi connectivity index (χ2v) is 6.09. The molecule has 2 aliphatic heterocycles. The minimum absolute atomic E-state index is 0.0432. The lowest BCUT2D eigenvalue weighted by molar-refractivity contribution is -0.141. The lowest BCUT2D eigenvalue weighted by Crippen LogP contribution is -2.42. The van der Waals surface area contributed by atoms with Crippen molar-refractivity contribution in [2.75, 3.05) is 25.2 Å². The van der Waals surface area contributed by atoms with Gasteiger partial charge in [0, 0.05) is 19.5 Å². The molecule has 0 aromatic heterocycles. The predicted octanol–water partition coefficient (Wildman–Crippen LogP) is 1.62. The summed E-state index contributed by atoms with van der Waals surface area (Å²) in [4.78, 5) is 38.5. The monoisotopic (exact) mass is 348 g/mol. The molecule has 1 aromatic rings. The van der Waals surface area contributed by atoms with Gasteiger partial charge in [-0.1, -0.05) is 0 Å². The van der Waals surface area contributed by atoms with Crippen LogP contribution in [-0.4, -0.2) is 54.3 Å². The molecule has 2 amide bonds. The number of carbonyl (C=O) groups excluding carboxylic acids is 2. The van der Waals surface area contributed by atoms with Gasteiger partial charge in [0.05, 0.1) is 25.3 Å². The third-order valence-electron chi connectivity index (χ3n) is 4.51. The van der Waals surface area contributed by atoms with Crippen LogP contribution < -0.4 is 9.64 Å². The maximum atomic E-state index is 12.4. The first kappa shape index (κ1) is 17.1. The van der Waals surface area contributed by atoms with E-state index in [0.717, 1.165) is 5.56 Å². The Balaban J connectivity index is 1.91. The highest BCUT2D eigenvalue weighted by atomic mass is 16.6. The Kier molecular flexibility index (Phi) is 4.78. The Labute approximate surface area is 144 Å². The number of benzene rings is 1. The maximum Gasteiger partial charge on any atom is 0.414 e. The van der Waals surface area contributed by atoms with Gasteiger partial charge in [0.15, 0.2) is 0 Å². The number of hydrogen-bond acceptors (Lipinski definition) is 5. The average molecular weight is 348 g/mol. The summed E-state index contributed by atoms with van der Waals surface area (Å²) in [5.41, 5.74) is 1.47. The summed E-state index contributed by atoms with van der Waals surface area (Å²) in [6.07, 6.45) is -0.0478. The van der Waals surface area contributed by atoms with Gasteiger partial charge in [-0.25, -0.2) is 4.79 Å². The van der Waals surface area contributed by atoms with Crippen LogP contribution in [0.2, 0.25) is 0 Å². The van der Waals surface area contributed by atoms with Gasteiger partial charge in [0.1, 0.15) is 12.4 Å². The highest BCUT2D eigenvalue weighted by molar-refractivity contribution is 5.91. The van der Waals surface area contributed by atoms with Crippen LogP contribution in [-0.2, 0) is 20.9 Å². The number of carbonyl (C=O) groups is 3. The second kappa shape index (κ2) is 7.00. The highest BCUT2D eigenvalue weighted by Crippen LogP contribution is 2.34. The van der Waals surface area contributed by atoms with Crippen LogP contribution in [0.15, 0.2) is 18.2 Å². The number of hydrogen-bond donors (Lipinski definition) is 1. The van der Waals surface area contributed by atoms with Gasteiger partial charge in [-0.05, 0) is 30.2 Å². The molecule has 1 atom stereocenters. The van der Waals surface area contributed by atoms with Crippen LogP contribution in [0.5, 0.6) is 5.75 Å². The number of carboxylic acids is 1. The molecule has 8 nitrogen and oxygen atoms in total. The molecule has 2 aliphatic rings. The van der Waals surface area contributed by atoms with E-state index in [9.17, 15) is 14.4 Å². The number of ether oxygens (including phenoxy) is 2. The number of methoxy groups -OCH3 is 1. The minimum atomic E-state index is -0.997. The first-order valence-corrected chi connectivity index (χ1v) is 8.12. The molecule has 25 heavy (non-hydrogen) atoms. The van der Waals surface area contributed by atoms with Crippen molar-refractivity contribution in [1.82, 2.24) is 4.90 Å². The van der Waals surface area contributed by atoms with E-state index in [-0.39, 0.29) is 37.5 Å². The molecule has 0 spiro atoms. The van der Waals surface area contributed by atoms with Crippen molar-refractivity contribution in [3.8, 4) is 5.75 Å². The molecule has 2 heterocycles. The van der Waals surface area contributed by atoms with E-state index < -0.39 is 5.97 Å². The van der Waals surface area contributed by atoms with E-state index in [1.165, 1.54) is 0 Å². The van der Waals surface area contributed by atoms with Crippen molar-refractivity contribution in [3.63, 3.8) is 0 Å². The van der Waals surface area contributed by atoms with E-state index in [4.69, 9.17) is 14.6 Å². The Bertz CT molecular complexity index is 704. The van der Waals surface area contributed by atoms with E-state index in [1.54, 1.807) is 35.1 Å². The van der Waals surface area contributed by atoms with E-state index in [1.807, 2.05) is 0 Å². The minimum Gasteiger partial charge on any atom is -0.497 e. The smallest absolute Gasteiger partial charge is 0.414 e. The summed E-state index contributed by atoms with van der Waals surface area (Å²) in [6, 6.07) is 5.20. The molecule has 0 bridgehead atoms. The van der Waals surface area contributed by atoms with Crippen molar-refractivity contribution in [1.29, 1.82) is 0 Å². The van der Waals surface area contributed by atoms with E-state index in [0.29, 0.717) is 30.9 Å². The van der Waals surface area contributed by atoms with Crippen molar-refractivity contribution in [2.45, 2.75) is 31.8 Å². The second-order valence-electron chi connectivity index (χ2n) is 6.09. The number of amides is 2. The lowest BCUT2D eigenvalue weighted by atomic mass is 10.0. The summed E-state index contributed by atoms with van der Waals surface area (Å²) in [6.45, 7) is 1.01. The topological polar surface area (TPSA) is 96.4 Å². The fraction of sp³-hybridized carbons (Fsp3) is 0.471. The summed E-state index contributed by atoms with van der Waals surface area (Å²) < 4.78 is 10.4. The van der Waals surface area contributed by atoms with Crippen molar-refractivity contribution in [3.05, 3.63) is 23.8 Å². The third-order valence-corrected chi connectivity index (χ3v) is 4.51. The molecule has 1 fully saturated rings. The van der Waals surface area contributed by atoms with Crippen LogP contribution >= 0.6 is 0 Å². The quantitative estimate of drug-likeness (QED) is 0.888. The zero-order chi connectivity index (χ0) is 18.0. The van der Waals surface area contributed by atoms with Gasteiger partial charge < -0.3 is 19.5 Å². The zero-order valence-electron chi connectivity index (χ0n) is 13.9. The van der Waals surface area contributed by atoms with Crippen LogP contribution in [0.3, 0.4) is 0 Å². The van der Waals surface area contributed by atoms with Gasteiger partial charge in [-0.15, -0.1) is 0 Å². The first-order valence-electron chi connectivity index (χ1n) is 8.12. The molecule has 0 unspecified atom stereocenters. The molecule has 1 saturated heterocycles. The standard InChI is InChI=1S/C17H20N2O6/c1-24-13-2-3-14-11(8-13)9-18(15(20)4-5-16(21)22)7-6-12-10-25-17(23)19(12)14/h2-3,8,12H,4-7,9-10H2,1H3,(H,21,22)/t12-/m0/s1. The van der Waals surface area contributed by atoms with Crippen LogP contribution in [0.1, 0.15) is 24.8 Å². The van der Waals surface area contributed by atoms with Gasteiger partial charge in [-0.3, -0.25) is 14.5 Å². The first-order chi connectivity index (χ1) is 12.0. The number of aliphatic carboxylic acids is 1. The number of cyclic esters (lactones) is 1. The highest BCUT2D eigenvalue weighted by Gasteiger charge is 2.37. The molecule has 8 heteroatoms. The summed E-state index contributed by atoms with van der Waals surface area (Å²) in [7, 11) is 1.55. The fourth-order valence-corrected chi connectivity index (χ4v) is 3.19. The number of rotatable bonds is 4. The van der Waals surface area contributed by atoms with Crippen molar-refractivity contribution in [2.24, 2.45) is 0 Å². The maximum absolute atomic E-state index is 12.4. The molecular weight excluding hydrogens is 328 g/mol. The van der Waals surface area contributed by atoms with Crippen molar-refractivity contribution < 1.29 is 29.0 Å². The summed E-state index contributed by atoms with van der Waals surface area (Å²) in [5.74, 6) is -0.584. The number of nitrogens with zero attached hydrogens (tertiary/aromatic N) is 2. The summed E-state index contributed by atoms with van der Waals surface area (Å²) >= 11 is 0. The normalized spacial score (nSPS) is 19.4. The third kappa shape index (κ3) is 3.52. The van der Waals surface area contributed by atoms with Gasteiger partial charge in [0.25, 0.3) is 0 Å². The van der Waals surface area contributed by atoms with Crippen molar-refractivity contribution >= 4 is 23.7 Å². The molecule has 134 valence electrons. The van der Waals surface area contributed by atoms with Gasteiger partial charge >= 0.3 is 12.1 Å². The molecule has 3 rings (SSSR count). The Morgan fingerprint density at radius 2 is 2.16 bits per heavy atom. The fourth-order valence-electron chi connectivity index (χ4n) is 3.19. The molecular formula is C17H20N2O6. The summed E-state index contributed by atoms with van der Waals surface area (Å²) in [5, 5.41) is 8.79. The number of fused-ring (bicyclic) bond motifs is 3. The predicted molar refractivity (Wildman–Crippen MR) is 87.5 cm³/mol. The van der Waals surface area contributed by atoms with E-state index >= 15 is 0 Å².